The van der Waals surface area contributed by atoms with E-state index in [4.69, 9.17) is 0 Å². The maximum atomic E-state index is 2.53. The fourth-order valence-electron chi connectivity index (χ4n) is 11.9. The van der Waals surface area contributed by atoms with Gasteiger partial charge in [-0.05, 0) is 141 Å². The normalized spacial score (nSPS) is 14.1. The van der Waals surface area contributed by atoms with Crippen molar-refractivity contribution in [2.75, 3.05) is 9.80 Å². The molecule has 1 unspecified atom stereocenters. The third-order valence-electron chi connectivity index (χ3n) is 14.7. The largest absolute Gasteiger partial charge is 0.310 e. The van der Waals surface area contributed by atoms with Gasteiger partial charge in [-0.3, -0.25) is 0 Å². The third kappa shape index (κ3) is 5.95. The molecule has 0 aliphatic heterocycles. The van der Waals surface area contributed by atoms with Crippen LogP contribution in [-0.2, 0) is 5.41 Å². The van der Waals surface area contributed by atoms with Crippen LogP contribution >= 0.6 is 0 Å². The van der Waals surface area contributed by atoms with Crippen LogP contribution in [0.3, 0.4) is 0 Å². The van der Waals surface area contributed by atoms with Crippen LogP contribution in [0.25, 0.3) is 60.9 Å². The summed E-state index contributed by atoms with van der Waals surface area (Å²) in [4.78, 5) is 4.89. The first kappa shape index (κ1) is 39.9. The van der Waals surface area contributed by atoms with E-state index in [1.165, 1.54) is 71.9 Å². The summed E-state index contributed by atoms with van der Waals surface area (Å²) in [5, 5.41) is 2.47. The molecule has 0 saturated heterocycles. The molecule has 1 spiro atoms. The summed E-state index contributed by atoms with van der Waals surface area (Å²) in [6.45, 7) is 0. The minimum absolute atomic E-state index is 0.622. The molecule has 1 atom stereocenters. The van der Waals surface area contributed by atoms with Crippen molar-refractivity contribution in [2.24, 2.45) is 0 Å². The lowest BCUT2D eigenvalue weighted by Gasteiger charge is -2.34. The molecule has 0 amide bonds. The lowest BCUT2D eigenvalue weighted by atomic mass is 9.70. The van der Waals surface area contributed by atoms with Crippen LogP contribution in [-0.4, -0.2) is 4.57 Å². The highest BCUT2D eigenvalue weighted by Crippen LogP contribution is 2.65. The van der Waals surface area contributed by atoms with E-state index in [2.05, 4.69) is 287 Å². The number of hydrogen-bond acceptors (Lipinski definition) is 2. The third-order valence-corrected chi connectivity index (χ3v) is 14.7. The van der Waals surface area contributed by atoms with E-state index in [-0.39, 0.29) is 0 Å². The number of anilines is 6. The molecule has 0 saturated carbocycles. The highest BCUT2D eigenvalue weighted by Gasteiger charge is 2.52. The number of aromatic nitrogens is 1. The lowest BCUT2D eigenvalue weighted by Crippen LogP contribution is -2.26. The fourth-order valence-corrected chi connectivity index (χ4v) is 11.9. The van der Waals surface area contributed by atoms with Crippen LogP contribution in [0.5, 0.6) is 0 Å². The van der Waals surface area contributed by atoms with E-state index in [0.29, 0.717) is 0 Å². The van der Waals surface area contributed by atoms with Crippen LogP contribution in [0.1, 0.15) is 22.3 Å². The summed E-state index contributed by atoms with van der Waals surface area (Å²) < 4.78 is 2.41. The first-order valence-corrected chi connectivity index (χ1v) is 24.2. The average molecular weight is 892 g/mol. The number of para-hydroxylation sites is 5. The Labute approximate surface area is 408 Å². The van der Waals surface area contributed by atoms with Gasteiger partial charge in [0.15, 0.2) is 0 Å². The lowest BCUT2D eigenvalue weighted by molar-refractivity contribution is 0.793. The van der Waals surface area contributed by atoms with Gasteiger partial charge in [0, 0.05) is 50.5 Å². The predicted octanol–water partition coefficient (Wildman–Crippen LogP) is 17.7. The number of rotatable bonds is 8. The Balaban J connectivity index is 1.05. The van der Waals surface area contributed by atoms with E-state index >= 15 is 0 Å². The Hall–Kier alpha value is -9.18. The highest BCUT2D eigenvalue weighted by molar-refractivity contribution is 6.10. The van der Waals surface area contributed by atoms with Crippen LogP contribution in [0.4, 0.5) is 34.1 Å². The monoisotopic (exact) mass is 891 g/mol. The van der Waals surface area contributed by atoms with Crippen molar-refractivity contribution in [3.05, 3.63) is 295 Å². The Bertz CT molecular complexity index is 3900. The van der Waals surface area contributed by atoms with Crippen molar-refractivity contribution >= 4 is 55.9 Å². The molecule has 0 radical (unpaired) electrons. The molecule has 3 heteroatoms. The second-order valence-electron chi connectivity index (χ2n) is 18.4. The molecule has 1 heterocycles. The van der Waals surface area contributed by atoms with Gasteiger partial charge in [-0.1, -0.05) is 182 Å². The molecule has 3 nitrogen and oxygen atoms in total. The Morgan fingerprint density at radius 2 is 0.743 bits per heavy atom. The molecule has 2 aliphatic carbocycles. The van der Waals surface area contributed by atoms with Crippen molar-refractivity contribution in [1.29, 1.82) is 0 Å². The Morgan fingerprint density at radius 1 is 0.271 bits per heavy atom. The van der Waals surface area contributed by atoms with Gasteiger partial charge in [0.2, 0.25) is 0 Å². The van der Waals surface area contributed by atoms with Crippen LogP contribution in [0.2, 0.25) is 0 Å². The van der Waals surface area contributed by atoms with Gasteiger partial charge in [-0.15, -0.1) is 0 Å². The second kappa shape index (κ2) is 16.0. The molecule has 328 valence electrons. The van der Waals surface area contributed by atoms with Gasteiger partial charge >= 0.3 is 0 Å². The summed E-state index contributed by atoms with van der Waals surface area (Å²) in [7, 11) is 0. The predicted molar refractivity (Wildman–Crippen MR) is 292 cm³/mol. The van der Waals surface area contributed by atoms with Gasteiger partial charge in [0.05, 0.1) is 22.1 Å². The quantitative estimate of drug-likeness (QED) is 0.151. The molecule has 1 aromatic heterocycles. The first-order chi connectivity index (χ1) is 34.8. The van der Waals surface area contributed by atoms with E-state index in [9.17, 15) is 0 Å². The van der Waals surface area contributed by atoms with Gasteiger partial charge in [0.25, 0.3) is 0 Å². The summed E-state index contributed by atoms with van der Waals surface area (Å²) in [6.07, 6.45) is 0. The Kier molecular flexibility index (Phi) is 9.11. The molecule has 0 bridgehead atoms. The van der Waals surface area contributed by atoms with Crippen molar-refractivity contribution in [2.45, 2.75) is 5.41 Å². The first-order valence-electron chi connectivity index (χ1n) is 24.2. The molecule has 0 fully saturated rings. The smallest absolute Gasteiger partial charge is 0.0727 e. The number of hydrogen-bond donors (Lipinski definition) is 0. The molecular weight excluding hydrogens is 847 g/mol. The van der Waals surface area contributed by atoms with Crippen LogP contribution in [0, 0.1) is 0 Å². The van der Waals surface area contributed by atoms with Gasteiger partial charge in [-0.2, -0.15) is 0 Å². The van der Waals surface area contributed by atoms with E-state index in [1.807, 2.05) is 0 Å². The minimum atomic E-state index is -0.622. The summed E-state index contributed by atoms with van der Waals surface area (Å²) in [5.41, 5.74) is 22.1. The maximum Gasteiger partial charge on any atom is 0.0727 e. The molecule has 11 aromatic carbocycles. The standard InChI is InChI=1S/C67H45N3/c1-6-22-46(23-7-1)58-44-59-54-33-17-20-36-61(54)67(63(59)45-66(58)69(48-26-10-3-11-27-48)49-28-12-4-13-29-49)60-35-19-16-32-53(60)55-40-38-51(42-62(55)67)68(47-24-8-2-9-25-47)52-39-41-57-56-34-18-21-37-64(56)70(65(57)43-52)50-30-14-5-15-31-50/h1-45H. The zero-order chi connectivity index (χ0) is 46.2. The summed E-state index contributed by atoms with van der Waals surface area (Å²) >= 11 is 0. The van der Waals surface area contributed by atoms with Crippen LogP contribution in [0.15, 0.2) is 273 Å². The zero-order valence-electron chi connectivity index (χ0n) is 38.3. The minimum Gasteiger partial charge on any atom is -0.310 e. The fraction of sp³-hybridized carbons (Fsp3) is 0.0149. The SMILES string of the molecule is c1ccc(-c2cc3c(cc2N(c2ccccc2)c2ccccc2)C2(c4ccccc4-c4ccc(N(c5ccccc5)c5ccc6c7ccccc7n(-c7ccccc7)c6c5)cc42)c2ccccc2-3)cc1. The summed E-state index contributed by atoms with van der Waals surface area (Å²) in [5.74, 6) is 0. The highest BCUT2D eigenvalue weighted by atomic mass is 15.2. The van der Waals surface area contributed by atoms with Crippen LogP contribution < -0.4 is 9.80 Å². The molecular formula is C67H45N3. The van der Waals surface area contributed by atoms with Crippen molar-refractivity contribution in [3.63, 3.8) is 0 Å². The van der Waals surface area contributed by atoms with E-state index < -0.39 is 5.41 Å². The topological polar surface area (TPSA) is 11.4 Å². The molecule has 14 rings (SSSR count). The van der Waals surface area contributed by atoms with Crippen molar-refractivity contribution in [1.82, 2.24) is 4.57 Å². The van der Waals surface area contributed by atoms with E-state index in [0.717, 1.165) is 45.3 Å². The van der Waals surface area contributed by atoms with Gasteiger partial charge < -0.3 is 14.4 Å². The number of nitrogens with zero attached hydrogens (tertiary/aromatic N) is 3. The zero-order valence-corrected chi connectivity index (χ0v) is 38.3. The molecule has 12 aromatic rings. The van der Waals surface area contributed by atoms with Gasteiger partial charge in [0.1, 0.15) is 0 Å². The van der Waals surface area contributed by atoms with Crippen molar-refractivity contribution in [3.8, 4) is 39.1 Å². The summed E-state index contributed by atoms with van der Waals surface area (Å²) in [6, 6.07) is 100. The number of fused-ring (bicyclic) bond motifs is 13. The molecule has 0 N–H and O–H groups in total. The molecule has 2 aliphatic rings. The average Bonchev–Trinajstić information content (AvgIpc) is 4.03. The van der Waals surface area contributed by atoms with Crippen molar-refractivity contribution < 1.29 is 0 Å². The molecule has 70 heavy (non-hydrogen) atoms. The number of benzene rings is 11. The second-order valence-corrected chi connectivity index (χ2v) is 18.4. The van der Waals surface area contributed by atoms with E-state index in [1.54, 1.807) is 0 Å². The maximum absolute atomic E-state index is 2.53. The van der Waals surface area contributed by atoms with Gasteiger partial charge in [-0.25, -0.2) is 0 Å². The Morgan fingerprint density at radius 3 is 1.40 bits per heavy atom.